The van der Waals surface area contributed by atoms with Crippen LogP contribution in [0.3, 0.4) is 0 Å². The smallest absolute Gasteiger partial charge is 0.125 e. The SMILES string of the molecule is CCN(Cc1cc(Cl)ccn1)c1cccc(F)c1. The summed E-state index contributed by atoms with van der Waals surface area (Å²) in [4.78, 5) is 6.30. The maximum atomic E-state index is 13.2. The summed E-state index contributed by atoms with van der Waals surface area (Å²) in [6.45, 7) is 3.41. The molecule has 0 radical (unpaired) electrons. The van der Waals surface area contributed by atoms with E-state index in [0.717, 1.165) is 17.9 Å². The molecule has 0 N–H and O–H groups in total. The fraction of sp³-hybridized carbons (Fsp3) is 0.214. The van der Waals surface area contributed by atoms with Crippen molar-refractivity contribution in [1.29, 1.82) is 0 Å². The van der Waals surface area contributed by atoms with Crippen LogP contribution in [0.2, 0.25) is 5.02 Å². The van der Waals surface area contributed by atoms with Crippen LogP contribution in [0.15, 0.2) is 42.6 Å². The second-order valence-corrected chi connectivity index (χ2v) is 4.40. The summed E-state index contributed by atoms with van der Waals surface area (Å²) in [7, 11) is 0. The largest absolute Gasteiger partial charge is 0.366 e. The second-order valence-electron chi connectivity index (χ2n) is 3.96. The molecule has 0 aliphatic heterocycles. The maximum Gasteiger partial charge on any atom is 0.125 e. The van der Waals surface area contributed by atoms with E-state index in [4.69, 9.17) is 11.6 Å². The van der Waals surface area contributed by atoms with Crippen molar-refractivity contribution in [2.75, 3.05) is 11.4 Å². The molecule has 0 fully saturated rings. The van der Waals surface area contributed by atoms with Crippen molar-refractivity contribution < 1.29 is 4.39 Å². The zero-order valence-electron chi connectivity index (χ0n) is 10.1. The molecular formula is C14H14ClFN2. The Labute approximate surface area is 111 Å². The van der Waals surface area contributed by atoms with Crippen LogP contribution in [0.5, 0.6) is 0 Å². The normalized spacial score (nSPS) is 10.4. The van der Waals surface area contributed by atoms with Crippen LogP contribution < -0.4 is 4.90 Å². The van der Waals surface area contributed by atoms with Crippen LogP contribution in [-0.2, 0) is 6.54 Å². The molecule has 0 aliphatic carbocycles. The minimum atomic E-state index is -0.231. The number of nitrogens with zero attached hydrogens (tertiary/aromatic N) is 2. The molecule has 0 saturated heterocycles. The molecule has 0 atom stereocenters. The van der Waals surface area contributed by atoms with E-state index in [9.17, 15) is 4.39 Å². The highest BCUT2D eigenvalue weighted by molar-refractivity contribution is 6.30. The number of anilines is 1. The van der Waals surface area contributed by atoms with Gasteiger partial charge in [0.2, 0.25) is 0 Å². The predicted molar refractivity (Wildman–Crippen MR) is 72.4 cm³/mol. The molecule has 0 amide bonds. The summed E-state index contributed by atoms with van der Waals surface area (Å²) in [5, 5.41) is 0.662. The first-order valence-corrected chi connectivity index (χ1v) is 6.18. The molecule has 1 heterocycles. The summed E-state index contributed by atoms with van der Waals surface area (Å²) < 4.78 is 13.2. The highest BCUT2D eigenvalue weighted by Crippen LogP contribution is 2.18. The van der Waals surface area contributed by atoms with Crippen LogP contribution in [0.1, 0.15) is 12.6 Å². The van der Waals surface area contributed by atoms with Crippen molar-refractivity contribution in [1.82, 2.24) is 4.98 Å². The molecule has 0 bridgehead atoms. The van der Waals surface area contributed by atoms with Crippen molar-refractivity contribution >= 4 is 17.3 Å². The van der Waals surface area contributed by atoms with Crippen molar-refractivity contribution in [3.8, 4) is 0 Å². The molecule has 1 aromatic heterocycles. The Kier molecular flexibility index (Phi) is 4.15. The van der Waals surface area contributed by atoms with Crippen LogP contribution in [0.25, 0.3) is 0 Å². The lowest BCUT2D eigenvalue weighted by Crippen LogP contribution is -2.22. The Balaban J connectivity index is 2.19. The monoisotopic (exact) mass is 264 g/mol. The molecule has 2 rings (SSSR count). The number of pyridine rings is 1. The number of benzene rings is 1. The first-order chi connectivity index (χ1) is 8.69. The maximum absolute atomic E-state index is 13.2. The van der Waals surface area contributed by atoms with Gasteiger partial charge in [0.05, 0.1) is 12.2 Å². The molecule has 0 aliphatic rings. The number of aromatic nitrogens is 1. The third kappa shape index (κ3) is 3.20. The van der Waals surface area contributed by atoms with Gasteiger partial charge in [-0.3, -0.25) is 4.98 Å². The van der Waals surface area contributed by atoms with Gasteiger partial charge in [0, 0.05) is 23.5 Å². The molecule has 0 spiro atoms. The summed E-state index contributed by atoms with van der Waals surface area (Å²) in [6.07, 6.45) is 1.68. The van der Waals surface area contributed by atoms with Gasteiger partial charge in [0.25, 0.3) is 0 Å². The highest BCUT2D eigenvalue weighted by Gasteiger charge is 2.07. The lowest BCUT2D eigenvalue weighted by atomic mass is 10.2. The van der Waals surface area contributed by atoms with Gasteiger partial charge in [-0.25, -0.2) is 4.39 Å². The molecule has 94 valence electrons. The van der Waals surface area contributed by atoms with Gasteiger partial charge < -0.3 is 4.90 Å². The molecule has 2 aromatic rings. The molecule has 2 nitrogen and oxygen atoms in total. The third-order valence-corrected chi connectivity index (χ3v) is 2.92. The minimum Gasteiger partial charge on any atom is -0.366 e. The van der Waals surface area contributed by atoms with Gasteiger partial charge in [0.15, 0.2) is 0 Å². The Bertz CT molecular complexity index is 531. The minimum absolute atomic E-state index is 0.231. The van der Waals surface area contributed by atoms with E-state index >= 15 is 0 Å². The fourth-order valence-electron chi connectivity index (χ4n) is 1.79. The van der Waals surface area contributed by atoms with E-state index in [-0.39, 0.29) is 5.82 Å². The average molecular weight is 265 g/mol. The summed E-state index contributed by atoms with van der Waals surface area (Å²) >= 11 is 5.92. The lowest BCUT2D eigenvalue weighted by Gasteiger charge is -2.22. The average Bonchev–Trinajstić information content (AvgIpc) is 2.36. The Morgan fingerprint density at radius 2 is 2.11 bits per heavy atom. The Morgan fingerprint density at radius 3 is 2.78 bits per heavy atom. The van der Waals surface area contributed by atoms with Crippen molar-refractivity contribution in [3.63, 3.8) is 0 Å². The van der Waals surface area contributed by atoms with Crippen molar-refractivity contribution in [2.45, 2.75) is 13.5 Å². The van der Waals surface area contributed by atoms with Crippen molar-refractivity contribution in [3.05, 3.63) is 59.1 Å². The molecule has 18 heavy (non-hydrogen) atoms. The summed E-state index contributed by atoms with van der Waals surface area (Å²) in [5.74, 6) is -0.231. The van der Waals surface area contributed by atoms with Crippen LogP contribution in [0, 0.1) is 5.82 Å². The Morgan fingerprint density at radius 1 is 1.28 bits per heavy atom. The number of hydrogen-bond acceptors (Lipinski definition) is 2. The first-order valence-electron chi connectivity index (χ1n) is 5.80. The number of halogens is 2. The molecule has 1 aromatic carbocycles. The third-order valence-electron chi connectivity index (χ3n) is 2.69. The van der Waals surface area contributed by atoms with Crippen LogP contribution in [0.4, 0.5) is 10.1 Å². The quantitative estimate of drug-likeness (QED) is 0.833. The zero-order valence-corrected chi connectivity index (χ0v) is 10.9. The number of hydrogen-bond donors (Lipinski definition) is 0. The number of rotatable bonds is 4. The highest BCUT2D eigenvalue weighted by atomic mass is 35.5. The zero-order chi connectivity index (χ0) is 13.0. The molecule has 0 unspecified atom stereocenters. The second kappa shape index (κ2) is 5.83. The van der Waals surface area contributed by atoms with E-state index in [1.165, 1.54) is 12.1 Å². The van der Waals surface area contributed by atoms with Crippen molar-refractivity contribution in [2.24, 2.45) is 0 Å². The van der Waals surface area contributed by atoms with E-state index in [1.54, 1.807) is 18.3 Å². The lowest BCUT2D eigenvalue weighted by molar-refractivity contribution is 0.626. The van der Waals surface area contributed by atoms with Gasteiger partial charge in [0.1, 0.15) is 5.82 Å². The Hall–Kier alpha value is -1.61. The van der Waals surface area contributed by atoms with Gasteiger partial charge >= 0.3 is 0 Å². The van der Waals surface area contributed by atoms with E-state index in [2.05, 4.69) is 4.98 Å². The van der Waals surface area contributed by atoms with Gasteiger partial charge in [-0.2, -0.15) is 0 Å². The molecule has 4 heteroatoms. The van der Waals surface area contributed by atoms with E-state index in [0.29, 0.717) is 11.6 Å². The molecule has 0 saturated carbocycles. The summed E-state index contributed by atoms with van der Waals surface area (Å²) in [5.41, 5.74) is 1.72. The molecular weight excluding hydrogens is 251 g/mol. The topological polar surface area (TPSA) is 16.1 Å². The fourth-order valence-corrected chi connectivity index (χ4v) is 1.97. The van der Waals surface area contributed by atoms with Gasteiger partial charge in [-0.1, -0.05) is 17.7 Å². The van der Waals surface area contributed by atoms with Gasteiger partial charge in [-0.15, -0.1) is 0 Å². The standard InChI is InChI=1S/C14H14ClFN2/c1-2-18(14-5-3-4-12(16)9-14)10-13-8-11(15)6-7-17-13/h3-9H,2,10H2,1H3. The van der Waals surface area contributed by atoms with Gasteiger partial charge in [-0.05, 0) is 37.3 Å². The summed E-state index contributed by atoms with van der Waals surface area (Å²) in [6, 6.07) is 10.1. The van der Waals surface area contributed by atoms with E-state index in [1.807, 2.05) is 24.0 Å². The predicted octanol–water partition coefficient (Wildman–Crippen LogP) is 3.90. The first kappa shape index (κ1) is 12.8. The van der Waals surface area contributed by atoms with E-state index < -0.39 is 0 Å². The van der Waals surface area contributed by atoms with Crippen LogP contribution >= 0.6 is 11.6 Å². The van der Waals surface area contributed by atoms with Crippen LogP contribution in [-0.4, -0.2) is 11.5 Å².